The average Bonchev–Trinajstić information content (AvgIpc) is 3.08. The molecule has 11 N–H and O–H groups in total. The number of nitrogen functional groups attached to an aromatic ring is 1. The van der Waals surface area contributed by atoms with Crippen molar-refractivity contribution in [2.75, 3.05) is 31.3 Å². The SMILES string of the molecule is Nc1c(N=Nc2ccc(OCCOS(=O)(=O)O)cc2)c(S(=O)(=O)O)cc2cc(S(O)(O)O)c(N=Nc3ccc(S(=O)(=O)CCOS(O)(O)O)cc3)c(O)c12.O=S. The Morgan fingerprint density at radius 3 is 1.66 bits per heavy atom. The molecule has 0 bridgehead atoms. The molecule has 0 fully saturated rings. The van der Waals surface area contributed by atoms with E-state index in [1.165, 1.54) is 24.3 Å². The number of ether oxygens (including phenoxy) is 1. The lowest BCUT2D eigenvalue weighted by Crippen LogP contribution is -2.14. The molecular formula is C26H29N5O19S6. The van der Waals surface area contributed by atoms with E-state index in [0.717, 1.165) is 36.4 Å². The summed E-state index contributed by atoms with van der Waals surface area (Å²) in [6.07, 6.45) is 0. The zero-order valence-electron chi connectivity index (χ0n) is 27.5. The third-order valence-electron chi connectivity index (χ3n) is 6.63. The summed E-state index contributed by atoms with van der Waals surface area (Å²) in [7, 11) is -18.6. The monoisotopic (exact) mass is 907 g/mol. The van der Waals surface area contributed by atoms with Gasteiger partial charge in [0.1, 0.15) is 46.1 Å². The summed E-state index contributed by atoms with van der Waals surface area (Å²) in [6, 6.07) is 11.3. The van der Waals surface area contributed by atoms with Crippen molar-refractivity contribution in [1.82, 2.24) is 0 Å². The van der Waals surface area contributed by atoms with Gasteiger partial charge in [0.25, 0.3) is 10.1 Å². The molecule has 4 rings (SSSR count). The van der Waals surface area contributed by atoms with Crippen molar-refractivity contribution in [2.24, 2.45) is 20.5 Å². The summed E-state index contributed by atoms with van der Waals surface area (Å²) >= 11 is -1.55. The number of hydrogen-bond donors (Lipinski definition) is 10. The first-order valence-electron chi connectivity index (χ1n) is 14.3. The van der Waals surface area contributed by atoms with Gasteiger partial charge in [-0.25, -0.2) is 12.6 Å². The van der Waals surface area contributed by atoms with Gasteiger partial charge in [-0.15, -0.1) is 10.2 Å². The second kappa shape index (κ2) is 18.4. The molecule has 24 nitrogen and oxygen atoms in total. The van der Waals surface area contributed by atoms with Gasteiger partial charge >= 0.3 is 10.4 Å². The first-order chi connectivity index (χ1) is 25.9. The molecule has 56 heavy (non-hydrogen) atoms. The molecule has 30 heteroatoms. The van der Waals surface area contributed by atoms with Crippen LogP contribution in [0.15, 0.2) is 95.8 Å². The highest BCUT2D eigenvalue weighted by molar-refractivity contribution is 8.19. The molecular weight excluding hydrogens is 879 g/mol. The van der Waals surface area contributed by atoms with Crippen LogP contribution in [0.4, 0.5) is 28.4 Å². The van der Waals surface area contributed by atoms with Gasteiger partial charge in [-0.05, 0) is 66.0 Å². The maximum atomic E-state index is 12.5. The van der Waals surface area contributed by atoms with Crippen LogP contribution >= 0.6 is 22.0 Å². The van der Waals surface area contributed by atoms with Gasteiger partial charge < -0.3 is 29.2 Å². The lowest BCUT2D eigenvalue weighted by Gasteiger charge is -2.22. The number of fused-ring (bicyclic) bond motifs is 1. The molecule has 0 aliphatic heterocycles. The van der Waals surface area contributed by atoms with Gasteiger partial charge in [-0.2, -0.15) is 31.3 Å². The van der Waals surface area contributed by atoms with Gasteiger partial charge in [-0.1, -0.05) is 0 Å². The molecule has 0 aromatic heterocycles. The fraction of sp³-hybridized carbons (Fsp3) is 0.154. The number of sulfone groups is 1. The van der Waals surface area contributed by atoms with Crippen LogP contribution in [0.2, 0.25) is 0 Å². The zero-order chi connectivity index (χ0) is 42.3. The minimum absolute atomic E-state index is 0.0660. The number of phenols is 1. The Balaban J connectivity index is 0.00000414. The van der Waals surface area contributed by atoms with E-state index < -0.39 is 109 Å². The molecule has 0 aliphatic rings. The van der Waals surface area contributed by atoms with Crippen molar-refractivity contribution in [3.63, 3.8) is 0 Å². The number of azo groups is 2. The molecule has 4 aromatic carbocycles. The van der Waals surface area contributed by atoms with Crippen LogP contribution < -0.4 is 10.5 Å². The standard InChI is InChI=1S/C26H29N5O18S5.OS/c27-23-22-15(13-20(51(35,36)37)24(23)30-28-16-1-5-18(6-2-16)47-9-10-48-53(41,42)43)14-21(52(38,39)40)25(26(22)32)31-29-17-3-7-19(8-4-17)50(33,34)12-11-49-54(44,45)46;1-2/h1-8,13-14,32,38-40,44-46H,9-12,27H2,(H,35,36,37)(H,41,42,43);. The highest BCUT2D eigenvalue weighted by atomic mass is 32.3. The maximum Gasteiger partial charge on any atom is 0.397 e. The van der Waals surface area contributed by atoms with Gasteiger partial charge in [0.15, 0.2) is 28.1 Å². The normalized spacial score (nSPS) is 13.5. The summed E-state index contributed by atoms with van der Waals surface area (Å²) in [5.74, 6) is -1.54. The number of anilines is 1. The Labute approximate surface area is 325 Å². The van der Waals surface area contributed by atoms with E-state index in [9.17, 15) is 48.6 Å². The number of nitrogens with zero attached hydrogens (tertiary/aromatic N) is 4. The Morgan fingerprint density at radius 1 is 0.643 bits per heavy atom. The fourth-order valence-corrected chi connectivity index (χ4v) is 7.47. The van der Waals surface area contributed by atoms with Crippen LogP contribution in [0.5, 0.6) is 11.5 Å². The zero-order valence-corrected chi connectivity index (χ0v) is 32.4. The largest absolute Gasteiger partial charge is 0.505 e. The van der Waals surface area contributed by atoms with Crippen molar-refractivity contribution < 1.29 is 84.1 Å². The summed E-state index contributed by atoms with van der Waals surface area (Å²) in [5.41, 5.74) is 4.09. The predicted octanol–water partition coefficient (Wildman–Crippen LogP) is 5.58. The van der Waals surface area contributed by atoms with Crippen LogP contribution in [0.3, 0.4) is 0 Å². The maximum absolute atomic E-state index is 12.5. The van der Waals surface area contributed by atoms with E-state index in [1.54, 1.807) is 0 Å². The second-order valence-corrected chi connectivity index (χ2v) is 17.6. The number of rotatable bonds is 16. The van der Waals surface area contributed by atoms with Crippen molar-refractivity contribution >= 4 is 104 Å². The average molecular weight is 908 g/mol. The van der Waals surface area contributed by atoms with Crippen LogP contribution in [0.1, 0.15) is 0 Å². The molecule has 4 aromatic rings. The van der Waals surface area contributed by atoms with E-state index in [-0.39, 0.29) is 34.0 Å². The number of aromatic hydroxyl groups is 1. The Bertz CT molecular complexity index is 2440. The fourth-order valence-electron chi connectivity index (χ4n) is 4.33. The van der Waals surface area contributed by atoms with Gasteiger partial charge in [0, 0.05) is 0 Å². The van der Waals surface area contributed by atoms with Crippen molar-refractivity contribution in [3.05, 3.63) is 60.7 Å². The Kier molecular flexibility index (Phi) is 15.3. The van der Waals surface area contributed by atoms with E-state index in [2.05, 4.69) is 41.4 Å². The number of nitrogens with two attached hydrogens (primary N) is 1. The van der Waals surface area contributed by atoms with Gasteiger partial charge in [0.2, 0.25) is 11.2 Å². The summed E-state index contributed by atoms with van der Waals surface area (Å²) < 4.78 is 168. The highest BCUT2D eigenvalue weighted by Crippen LogP contribution is 2.56. The van der Waals surface area contributed by atoms with Crippen LogP contribution in [0, 0.1) is 0 Å². The Hall–Kier alpha value is -4.09. The summed E-state index contributed by atoms with van der Waals surface area (Å²) in [4.78, 5) is -2.10. The first-order valence-corrected chi connectivity index (χ1v) is 22.0. The van der Waals surface area contributed by atoms with Crippen molar-refractivity contribution in [2.45, 2.75) is 14.7 Å². The summed E-state index contributed by atoms with van der Waals surface area (Å²) in [6.45, 7) is -1.54. The predicted molar refractivity (Wildman–Crippen MR) is 199 cm³/mol. The quantitative estimate of drug-likeness (QED) is 0.0284. The molecule has 0 unspecified atom stereocenters. The molecule has 0 saturated carbocycles. The second-order valence-electron chi connectivity index (χ2n) is 10.4. The molecule has 0 spiro atoms. The van der Waals surface area contributed by atoms with E-state index in [0.29, 0.717) is 0 Å². The lowest BCUT2D eigenvalue weighted by atomic mass is 10.1. The topological polar surface area (TPSA) is 405 Å². The van der Waals surface area contributed by atoms with Crippen LogP contribution in [0.25, 0.3) is 10.8 Å². The van der Waals surface area contributed by atoms with Crippen LogP contribution in [-0.4, -0.2) is 96.6 Å². The summed E-state index contributed by atoms with van der Waals surface area (Å²) in [5, 5.41) is 25.8. The minimum atomic E-state index is -5.14. The number of benzene rings is 4. The Morgan fingerprint density at radius 2 is 1.16 bits per heavy atom. The third-order valence-corrected chi connectivity index (χ3v) is 11.0. The van der Waals surface area contributed by atoms with Gasteiger partial charge in [-0.3, -0.25) is 26.9 Å². The molecule has 308 valence electrons. The lowest BCUT2D eigenvalue weighted by molar-refractivity contribution is 0.201. The molecule has 0 aliphatic carbocycles. The van der Waals surface area contributed by atoms with E-state index in [1.807, 2.05) is 0 Å². The molecule has 0 amide bonds. The highest BCUT2D eigenvalue weighted by Gasteiger charge is 2.29. The molecule has 0 saturated heterocycles. The molecule has 0 heterocycles. The smallest absolute Gasteiger partial charge is 0.397 e. The van der Waals surface area contributed by atoms with E-state index in [4.69, 9.17) is 32.9 Å². The number of phenolic OH excluding ortho intramolecular Hbond substituents is 1. The van der Waals surface area contributed by atoms with E-state index >= 15 is 0 Å². The molecule has 0 radical (unpaired) electrons. The van der Waals surface area contributed by atoms with Crippen molar-refractivity contribution in [1.29, 1.82) is 0 Å². The third kappa shape index (κ3) is 13.0. The minimum Gasteiger partial charge on any atom is -0.505 e. The van der Waals surface area contributed by atoms with Crippen molar-refractivity contribution in [3.8, 4) is 11.5 Å². The first kappa shape index (κ1) is 46.3. The molecule has 0 atom stereocenters. The van der Waals surface area contributed by atoms with Gasteiger partial charge in [0.05, 0.1) is 44.6 Å². The van der Waals surface area contributed by atoms with Crippen LogP contribution in [-0.2, 0) is 51.3 Å². The number of hydrogen-bond acceptors (Lipinski definition) is 23.